The number of ether oxygens (including phenoxy) is 1. The summed E-state index contributed by atoms with van der Waals surface area (Å²) in [7, 11) is 0. The summed E-state index contributed by atoms with van der Waals surface area (Å²) in [6.07, 6.45) is 1.58. The van der Waals surface area contributed by atoms with E-state index >= 15 is 0 Å². The minimum Gasteiger partial charge on any atom is -0.457 e. The van der Waals surface area contributed by atoms with Crippen molar-refractivity contribution in [2.24, 2.45) is 5.16 Å². The number of carbonyl (C=O) groups is 2. The van der Waals surface area contributed by atoms with Crippen LogP contribution in [-0.2, 0) is 21.0 Å². The van der Waals surface area contributed by atoms with E-state index in [0.29, 0.717) is 33.4 Å². The Morgan fingerprint density at radius 3 is 2.57 bits per heavy atom. The van der Waals surface area contributed by atoms with E-state index in [1.807, 2.05) is 12.1 Å². The van der Waals surface area contributed by atoms with Gasteiger partial charge in [0.1, 0.15) is 18.1 Å². The fraction of sp³-hybridized carbons (Fsp3) is 0.0870. The van der Waals surface area contributed by atoms with E-state index in [1.54, 1.807) is 61.5 Å². The molecule has 0 fully saturated rings. The van der Waals surface area contributed by atoms with Gasteiger partial charge in [-0.05, 0) is 43.3 Å². The Bertz CT molecular complexity index is 1170. The number of hydrogen-bond acceptors (Lipinski definition) is 6. The number of nitrogens with zero attached hydrogens (tertiary/aromatic N) is 1. The van der Waals surface area contributed by atoms with Gasteiger partial charge in [0.25, 0.3) is 0 Å². The molecule has 0 atom stereocenters. The highest BCUT2D eigenvalue weighted by Crippen LogP contribution is 2.25. The minimum atomic E-state index is -0.509. The molecule has 1 aromatic heterocycles. The van der Waals surface area contributed by atoms with E-state index in [0.717, 1.165) is 11.1 Å². The molecule has 3 aromatic rings. The minimum absolute atomic E-state index is 0.0988. The number of benzene rings is 2. The van der Waals surface area contributed by atoms with Crippen molar-refractivity contribution >= 4 is 35.3 Å². The van der Waals surface area contributed by atoms with Gasteiger partial charge in [0.15, 0.2) is 0 Å². The third-order valence-corrected chi connectivity index (χ3v) is 4.88. The van der Waals surface area contributed by atoms with E-state index in [4.69, 9.17) is 20.8 Å². The third kappa shape index (κ3) is 4.18. The van der Waals surface area contributed by atoms with Crippen LogP contribution in [0, 0.1) is 0 Å². The Hall–Kier alpha value is -3.64. The molecule has 6 nitrogen and oxygen atoms in total. The predicted molar refractivity (Wildman–Crippen MR) is 112 cm³/mol. The molecule has 2 aromatic carbocycles. The summed E-state index contributed by atoms with van der Waals surface area (Å²) in [5.74, 6) is 0.140. The largest absolute Gasteiger partial charge is 0.457 e. The van der Waals surface area contributed by atoms with Gasteiger partial charge in [-0.15, -0.1) is 0 Å². The van der Waals surface area contributed by atoms with Crippen molar-refractivity contribution in [3.05, 3.63) is 88.1 Å². The SMILES string of the molecule is CC1=NOC(=O)C1=Cc1ccc(-c2ccc(C(=O)OCc3ccccc3Cl)cc2)o1. The van der Waals surface area contributed by atoms with Crippen molar-refractivity contribution in [3.63, 3.8) is 0 Å². The smallest absolute Gasteiger partial charge is 0.367 e. The molecule has 30 heavy (non-hydrogen) atoms. The van der Waals surface area contributed by atoms with Crippen LogP contribution in [0.4, 0.5) is 0 Å². The van der Waals surface area contributed by atoms with Crippen molar-refractivity contribution in [2.75, 3.05) is 0 Å². The van der Waals surface area contributed by atoms with Crippen molar-refractivity contribution in [1.29, 1.82) is 0 Å². The lowest BCUT2D eigenvalue weighted by atomic mass is 10.1. The number of esters is 1. The van der Waals surface area contributed by atoms with Gasteiger partial charge in [-0.1, -0.05) is 47.1 Å². The van der Waals surface area contributed by atoms with Crippen molar-refractivity contribution < 1.29 is 23.6 Å². The maximum absolute atomic E-state index is 12.3. The number of rotatable bonds is 5. The fourth-order valence-corrected chi connectivity index (χ4v) is 3.05. The fourth-order valence-electron chi connectivity index (χ4n) is 2.86. The first-order valence-electron chi connectivity index (χ1n) is 9.10. The molecular weight excluding hydrogens is 406 g/mol. The molecule has 0 amide bonds. The first kappa shape index (κ1) is 19.7. The second-order valence-electron chi connectivity index (χ2n) is 6.56. The lowest BCUT2D eigenvalue weighted by Gasteiger charge is -2.07. The third-order valence-electron chi connectivity index (χ3n) is 4.51. The zero-order valence-corrected chi connectivity index (χ0v) is 16.7. The Morgan fingerprint density at radius 1 is 1.10 bits per heavy atom. The second kappa shape index (κ2) is 8.39. The van der Waals surface area contributed by atoms with Crippen molar-refractivity contribution in [3.8, 4) is 11.3 Å². The summed E-state index contributed by atoms with van der Waals surface area (Å²) in [6, 6.07) is 17.6. The average Bonchev–Trinajstić information content (AvgIpc) is 3.35. The molecule has 0 aliphatic carbocycles. The standard InChI is InChI=1S/C23H16ClNO5/c1-14-19(23(27)30-25-14)12-18-10-11-21(29-18)15-6-8-16(9-7-15)22(26)28-13-17-4-2-3-5-20(17)24/h2-12H,13H2,1H3. The van der Waals surface area contributed by atoms with Crippen LogP contribution in [0.3, 0.4) is 0 Å². The molecule has 0 saturated carbocycles. The average molecular weight is 422 g/mol. The molecule has 4 rings (SSSR count). The number of furan rings is 1. The lowest BCUT2D eigenvalue weighted by molar-refractivity contribution is -0.136. The molecule has 0 radical (unpaired) electrons. The van der Waals surface area contributed by atoms with Gasteiger partial charge in [-0.25, -0.2) is 9.59 Å². The van der Waals surface area contributed by atoms with Crippen LogP contribution in [0.5, 0.6) is 0 Å². The summed E-state index contributed by atoms with van der Waals surface area (Å²) in [5, 5.41) is 4.18. The molecule has 1 aliphatic rings. The van der Waals surface area contributed by atoms with Gasteiger partial charge >= 0.3 is 11.9 Å². The van der Waals surface area contributed by atoms with Gasteiger partial charge in [0.2, 0.25) is 0 Å². The number of carbonyl (C=O) groups excluding carboxylic acids is 2. The van der Waals surface area contributed by atoms with Gasteiger partial charge in [-0.2, -0.15) is 0 Å². The second-order valence-corrected chi connectivity index (χ2v) is 6.97. The zero-order chi connectivity index (χ0) is 21.1. The molecule has 1 aliphatic heterocycles. The first-order chi connectivity index (χ1) is 14.5. The summed E-state index contributed by atoms with van der Waals surface area (Å²) in [5.41, 5.74) is 2.79. The number of halogens is 1. The number of oxime groups is 1. The van der Waals surface area contributed by atoms with E-state index in [9.17, 15) is 9.59 Å². The Kier molecular flexibility index (Phi) is 5.50. The van der Waals surface area contributed by atoms with Gasteiger partial charge in [0, 0.05) is 16.1 Å². The van der Waals surface area contributed by atoms with Crippen LogP contribution < -0.4 is 0 Å². The van der Waals surface area contributed by atoms with Crippen LogP contribution in [-0.4, -0.2) is 17.7 Å². The van der Waals surface area contributed by atoms with Gasteiger partial charge in [-0.3, -0.25) is 0 Å². The maximum atomic E-state index is 12.3. The molecule has 0 N–H and O–H groups in total. The van der Waals surface area contributed by atoms with Crippen LogP contribution >= 0.6 is 11.6 Å². The predicted octanol–water partition coefficient (Wildman–Crippen LogP) is 5.27. The van der Waals surface area contributed by atoms with Crippen LogP contribution in [0.25, 0.3) is 17.4 Å². The quantitative estimate of drug-likeness (QED) is 0.318. The van der Waals surface area contributed by atoms with Crippen LogP contribution in [0.2, 0.25) is 5.02 Å². The molecule has 0 spiro atoms. The summed E-state index contributed by atoms with van der Waals surface area (Å²) in [4.78, 5) is 28.5. The Balaban J connectivity index is 1.44. The van der Waals surface area contributed by atoms with Crippen molar-refractivity contribution in [2.45, 2.75) is 13.5 Å². The molecule has 0 bridgehead atoms. The molecule has 2 heterocycles. The first-order valence-corrected chi connectivity index (χ1v) is 9.48. The summed E-state index contributed by atoms with van der Waals surface area (Å²) in [6.45, 7) is 1.78. The Morgan fingerprint density at radius 2 is 1.87 bits per heavy atom. The van der Waals surface area contributed by atoms with E-state index in [-0.39, 0.29) is 6.61 Å². The van der Waals surface area contributed by atoms with Gasteiger partial charge < -0.3 is 14.0 Å². The van der Waals surface area contributed by atoms with Crippen LogP contribution in [0.15, 0.2) is 75.8 Å². The summed E-state index contributed by atoms with van der Waals surface area (Å²) < 4.78 is 11.1. The molecule has 0 saturated heterocycles. The maximum Gasteiger partial charge on any atom is 0.367 e. The van der Waals surface area contributed by atoms with Crippen molar-refractivity contribution in [1.82, 2.24) is 0 Å². The summed E-state index contributed by atoms with van der Waals surface area (Å²) >= 11 is 6.08. The van der Waals surface area contributed by atoms with E-state index < -0.39 is 11.9 Å². The lowest BCUT2D eigenvalue weighted by Crippen LogP contribution is -2.05. The highest BCUT2D eigenvalue weighted by Gasteiger charge is 2.22. The Labute approximate surface area is 177 Å². The highest BCUT2D eigenvalue weighted by molar-refractivity contribution is 6.31. The number of hydrogen-bond donors (Lipinski definition) is 0. The van der Waals surface area contributed by atoms with Gasteiger partial charge in [0.05, 0.1) is 16.8 Å². The molecular formula is C23H16ClNO5. The molecule has 0 unspecified atom stereocenters. The zero-order valence-electron chi connectivity index (χ0n) is 15.9. The van der Waals surface area contributed by atoms with E-state index in [1.165, 1.54) is 0 Å². The topological polar surface area (TPSA) is 78.1 Å². The molecule has 7 heteroatoms. The van der Waals surface area contributed by atoms with E-state index in [2.05, 4.69) is 9.99 Å². The van der Waals surface area contributed by atoms with Crippen LogP contribution in [0.1, 0.15) is 28.6 Å². The molecule has 150 valence electrons. The normalized spacial score (nSPS) is 14.5. The monoisotopic (exact) mass is 421 g/mol. The highest BCUT2D eigenvalue weighted by atomic mass is 35.5.